The Bertz CT molecular complexity index is 1040. The van der Waals surface area contributed by atoms with Gasteiger partial charge in [-0.3, -0.25) is 4.79 Å². The molecule has 8 nitrogen and oxygen atoms in total. The zero-order valence-corrected chi connectivity index (χ0v) is 15.3. The number of rotatable bonds is 8. The highest BCUT2D eigenvalue weighted by Crippen LogP contribution is 2.27. The summed E-state index contributed by atoms with van der Waals surface area (Å²) < 4.78 is 12.5. The Balaban J connectivity index is 1.62. The van der Waals surface area contributed by atoms with Crippen molar-refractivity contribution >= 4 is 23.2 Å². The first-order valence-electron chi connectivity index (χ1n) is 8.64. The highest BCUT2D eigenvalue weighted by Gasteiger charge is 2.08. The number of carbonyl (C=O) groups excluding carboxylic acids is 1. The maximum absolute atomic E-state index is 12.1. The number of ether oxygens (including phenoxy) is 2. The van der Waals surface area contributed by atoms with Gasteiger partial charge in [0.25, 0.3) is 5.91 Å². The van der Waals surface area contributed by atoms with Crippen molar-refractivity contribution in [3.05, 3.63) is 48.0 Å². The van der Waals surface area contributed by atoms with Gasteiger partial charge in [-0.05, 0) is 42.8 Å². The molecule has 0 saturated carbocycles. The number of hydrazone groups is 1. The van der Waals surface area contributed by atoms with Crippen molar-refractivity contribution in [2.75, 3.05) is 13.2 Å². The number of fused-ring (bicyclic) bond motifs is 1. The summed E-state index contributed by atoms with van der Waals surface area (Å²) in [6, 6.07) is 12.7. The summed E-state index contributed by atoms with van der Waals surface area (Å²) in [7, 11) is 0. The molecule has 0 unspecified atom stereocenters. The van der Waals surface area contributed by atoms with E-state index in [1.54, 1.807) is 18.2 Å². The highest BCUT2D eigenvalue weighted by molar-refractivity contribution is 5.84. The number of amides is 1. The molecule has 1 aromatic heterocycles. The van der Waals surface area contributed by atoms with Gasteiger partial charge in [-0.25, -0.2) is 10.1 Å². The number of nitrogens with one attached hydrogen (secondary N) is 1. The van der Waals surface area contributed by atoms with Crippen LogP contribution >= 0.6 is 0 Å². The van der Waals surface area contributed by atoms with Gasteiger partial charge in [0.05, 0.1) is 18.3 Å². The van der Waals surface area contributed by atoms with Crippen molar-refractivity contribution in [3.8, 4) is 23.8 Å². The lowest BCUT2D eigenvalue weighted by Crippen LogP contribution is -2.23. The zero-order chi connectivity index (χ0) is 19.8. The predicted molar refractivity (Wildman–Crippen MR) is 105 cm³/mol. The largest absolute Gasteiger partial charge is 0.490 e. The van der Waals surface area contributed by atoms with Crippen molar-refractivity contribution in [2.45, 2.75) is 13.5 Å². The predicted octanol–water partition coefficient (Wildman–Crippen LogP) is 1.99. The van der Waals surface area contributed by atoms with Crippen LogP contribution < -0.4 is 14.9 Å². The summed E-state index contributed by atoms with van der Waals surface area (Å²) in [5, 5.41) is 12.0. The van der Waals surface area contributed by atoms with E-state index in [2.05, 4.69) is 26.8 Å². The maximum atomic E-state index is 12.1. The fraction of sp³-hybridized carbons (Fsp3) is 0.200. The molecule has 1 N–H and O–H groups in total. The van der Waals surface area contributed by atoms with E-state index >= 15 is 0 Å². The number of hydrogen-bond donors (Lipinski definition) is 1. The minimum absolute atomic E-state index is 0.0148. The average molecular weight is 377 g/mol. The fourth-order valence-electron chi connectivity index (χ4n) is 2.50. The molecule has 0 bridgehead atoms. The smallest absolute Gasteiger partial charge is 0.261 e. The first-order chi connectivity index (χ1) is 13.7. The lowest BCUT2D eigenvalue weighted by Gasteiger charge is -2.10. The summed E-state index contributed by atoms with van der Waals surface area (Å²) in [5.74, 6) is 3.21. The van der Waals surface area contributed by atoms with E-state index in [1.165, 1.54) is 10.9 Å². The first kappa shape index (κ1) is 18.9. The number of nitrogens with zero attached hydrogens (tertiary/aromatic N) is 4. The van der Waals surface area contributed by atoms with Crippen LogP contribution in [0.4, 0.5) is 0 Å². The molecule has 0 atom stereocenters. The zero-order valence-electron chi connectivity index (χ0n) is 15.3. The van der Waals surface area contributed by atoms with E-state index in [1.807, 2.05) is 31.2 Å². The molecule has 0 fully saturated rings. The Kier molecular flexibility index (Phi) is 6.21. The number of carbonyl (C=O) groups is 1. The third-order valence-corrected chi connectivity index (χ3v) is 3.70. The Morgan fingerprint density at radius 3 is 2.96 bits per heavy atom. The molecule has 28 heavy (non-hydrogen) atoms. The van der Waals surface area contributed by atoms with Gasteiger partial charge in [-0.15, -0.1) is 11.5 Å². The normalized spacial score (nSPS) is 10.7. The van der Waals surface area contributed by atoms with Crippen LogP contribution in [0, 0.1) is 12.3 Å². The van der Waals surface area contributed by atoms with Gasteiger partial charge in [0.2, 0.25) is 0 Å². The van der Waals surface area contributed by atoms with E-state index in [-0.39, 0.29) is 19.1 Å². The topological polar surface area (TPSA) is 90.6 Å². The SMILES string of the molecule is C#CCOc1ccc(/C=N\NC(=O)Cn2nnc3ccccc32)cc1OCC. The Hall–Kier alpha value is -3.86. The van der Waals surface area contributed by atoms with Crippen LogP contribution in [0.5, 0.6) is 11.5 Å². The lowest BCUT2D eigenvalue weighted by atomic mass is 10.2. The van der Waals surface area contributed by atoms with E-state index in [4.69, 9.17) is 15.9 Å². The number of terminal acetylenes is 1. The molecule has 0 aliphatic rings. The monoisotopic (exact) mass is 377 g/mol. The van der Waals surface area contributed by atoms with Crippen LogP contribution in [0.15, 0.2) is 47.6 Å². The summed E-state index contributed by atoms with van der Waals surface area (Å²) in [6.45, 7) is 2.52. The molecule has 1 heterocycles. The van der Waals surface area contributed by atoms with Gasteiger partial charge in [-0.1, -0.05) is 23.3 Å². The summed E-state index contributed by atoms with van der Waals surface area (Å²) >= 11 is 0. The second-order valence-electron chi connectivity index (χ2n) is 5.66. The third-order valence-electron chi connectivity index (χ3n) is 3.70. The summed E-state index contributed by atoms with van der Waals surface area (Å²) in [6.07, 6.45) is 6.73. The molecule has 0 aliphatic carbocycles. The van der Waals surface area contributed by atoms with Crippen LogP contribution in [-0.4, -0.2) is 40.3 Å². The summed E-state index contributed by atoms with van der Waals surface area (Å²) in [5.41, 5.74) is 4.73. The number of benzene rings is 2. The minimum Gasteiger partial charge on any atom is -0.490 e. The highest BCUT2D eigenvalue weighted by atomic mass is 16.5. The maximum Gasteiger partial charge on any atom is 0.261 e. The van der Waals surface area contributed by atoms with Crippen LogP contribution in [-0.2, 0) is 11.3 Å². The van der Waals surface area contributed by atoms with Crippen molar-refractivity contribution < 1.29 is 14.3 Å². The quantitative estimate of drug-likeness (QED) is 0.368. The van der Waals surface area contributed by atoms with E-state index in [0.717, 1.165) is 16.6 Å². The molecule has 0 saturated heterocycles. The molecule has 3 aromatic rings. The number of hydrogen-bond acceptors (Lipinski definition) is 6. The molecule has 8 heteroatoms. The second kappa shape index (κ2) is 9.19. The Morgan fingerprint density at radius 1 is 1.29 bits per heavy atom. The number of aromatic nitrogens is 3. The minimum atomic E-state index is -0.314. The van der Waals surface area contributed by atoms with Crippen LogP contribution in [0.1, 0.15) is 12.5 Å². The van der Waals surface area contributed by atoms with E-state index in [0.29, 0.717) is 18.1 Å². The van der Waals surface area contributed by atoms with Gasteiger partial charge in [0.1, 0.15) is 18.7 Å². The average Bonchev–Trinajstić information content (AvgIpc) is 3.10. The molecule has 0 radical (unpaired) electrons. The van der Waals surface area contributed by atoms with Gasteiger partial charge in [0.15, 0.2) is 11.5 Å². The Labute approximate surface area is 162 Å². The van der Waals surface area contributed by atoms with Crippen LogP contribution in [0.3, 0.4) is 0 Å². The van der Waals surface area contributed by atoms with Crippen molar-refractivity contribution in [1.82, 2.24) is 20.4 Å². The van der Waals surface area contributed by atoms with Gasteiger partial charge >= 0.3 is 0 Å². The van der Waals surface area contributed by atoms with E-state index < -0.39 is 0 Å². The molecule has 142 valence electrons. The standard InChI is InChI=1S/C20H19N5O3/c1-3-11-28-18-10-9-15(12-19(18)27-4-2)13-21-23-20(26)14-25-17-8-6-5-7-16(17)22-24-25/h1,5-10,12-13H,4,11,14H2,2H3,(H,23,26)/b21-13-. The van der Waals surface area contributed by atoms with Crippen LogP contribution in [0.25, 0.3) is 11.0 Å². The summed E-state index contributed by atoms with van der Waals surface area (Å²) in [4.78, 5) is 12.1. The van der Waals surface area contributed by atoms with Crippen molar-refractivity contribution in [2.24, 2.45) is 5.10 Å². The van der Waals surface area contributed by atoms with Gasteiger partial charge in [-0.2, -0.15) is 5.10 Å². The molecule has 3 rings (SSSR count). The van der Waals surface area contributed by atoms with Gasteiger partial charge in [0, 0.05) is 0 Å². The number of para-hydroxylation sites is 1. The third kappa shape index (κ3) is 4.65. The van der Waals surface area contributed by atoms with Crippen LogP contribution in [0.2, 0.25) is 0 Å². The molecular formula is C20H19N5O3. The van der Waals surface area contributed by atoms with E-state index in [9.17, 15) is 4.79 Å². The van der Waals surface area contributed by atoms with Crippen molar-refractivity contribution in [1.29, 1.82) is 0 Å². The van der Waals surface area contributed by atoms with Gasteiger partial charge < -0.3 is 9.47 Å². The molecule has 2 aromatic carbocycles. The fourth-order valence-corrected chi connectivity index (χ4v) is 2.50. The lowest BCUT2D eigenvalue weighted by molar-refractivity contribution is -0.121. The molecular weight excluding hydrogens is 358 g/mol. The Morgan fingerprint density at radius 2 is 2.14 bits per heavy atom. The molecule has 0 spiro atoms. The molecule has 0 aliphatic heterocycles. The first-order valence-corrected chi connectivity index (χ1v) is 8.64. The van der Waals surface area contributed by atoms with Crippen molar-refractivity contribution in [3.63, 3.8) is 0 Å². The molecule has 1 amide bonds. The second-order valence-corrected chi connectivity index (χ2v) is 5.66.